The molecule has 0 spiro atoms. The Labute approximate surface area is 89.5 Å². The number of halogens is 2. The maximum atomic E-state index is 12.9. The third-order valence-corrected chi connectivity index (χ3v) is 2.26. The Morgan fingerprint density at radius 2 is 1.80 bits per heavy atom. The van der Waals surface area contributed by atoms with Crippen LogP contribution in [0.5, 0.6) is 0 Å². The fraction of sp³-hybridized carbons (Fsp3) is 0.500. The van der Waals surface area contributed by atoms with Gasteiger partial charge in [-0.2, -0.15) is 0 Å². The first kappa shape index (κ1) is 12.1. The quantitative estimate of drug-likeness (QED) is 0.793. The van der Waals surface area contributed by atoms with Gasteiger partial charge in [0, 0.05) is 6.42 Å². The van der Waals surface area contributed by atoms with Crippen molar-refractivity contribution in [1.29, 1.82) is 0 Å². The van der Waals surface area contributed by atoms with Crippen LogP contribution in [0.25, 0.3) is 0 Å². The van der Waals surface area contributed by atoms with E-state index in [2.05, 4.69) is 5.32 Å². The maximum absolute atomic E-state index is 12.9. The van der Waals surface area contributed by atoms with Gasteiger partial charge in [-0.1, -0.05) is 24.3 Å². The first-order valence-corrected chi connectivity index (χ1v) is 5.12. The minimum atomic E-state index is -2.63. The second-order valence-corrected chi connectivity index (χ2v) is 3.87. The molecule has 0 bridgehead atoms. The summed E-state index contributed by atoms with van der Waals surface area (Å²) in [5.41, 5.74) is 1.76. The third-order valence-electron chi connectivity index (χ3n) is 2.26. The first-order valence-electron chi connectivity index (χ1n) is 5.12. The second-order valence-electron chi connectivity index (χ2n) is 3.87. The van der Waals surface area contributed by atoms with Crippen LogP contribution in [-0.2, 0) is 12.8 Å². The average Bonchev–Trinajstić information content (AvgIpc) is 2.14. The molecule has 0 fully saturated rings. The highest BCUT2D eigenvalue weighted by Gasteiger charge is 2.22. The number of alkyl halides is 2. The number of nitrogens with one attached hydrogen (secondary N) is 1. The Morgan fingerprint density at radius 3 is 2.33 bits per heavy atom. The van der Waals surface area contributed by atoms with Crippen molar-refractivity contribution in [2.45, 2.75) is 25.7 Å². The van der Waals surface area contributed by atoms with Crippen LogP contribution in [0.1, 0.15) is 18.1 Å². The van der Waals surface area contributed by atoms with Crippen LogP contribution >= 0.6 is 0 Å². The van der Waals surface area contributed by atoms with Gasteiger partial charge in [-0.05, 0) is 38.1 Å². The Morgan fingerprint density at radius 1 is 1.20 bits per heavy atom. The Bertz CT molecular complexity index is 305. The molecular formula is C12H17F2N. The molecule has 84 valence electrons. The van der Waals surface area contributed by atoms with Crippen molar-refractivity contribution in [2.75, 3.05) is 13.6 Å². The van der Waals surface area contributed by atoms with Crippen molar-refractivity contribution >= 4 is 0 Å². The molecular weight excluding hydrogens is 196 g/mol. The maximum Gasteiger partial charge on any atom is 0.249 e. The van der Waals surface area contributed by atoms with Crippen LogP contribution in [0.2, 0.25) is 0 Å². The molecule has 0 aliphatic carbocycles. The number of likely N-dealkylation sites (N-methyl/N-ethyl adjacent to an activating group) is 1. The van der Waals surface area contributed by atoms with E-state index in [1.807, 2.05) is 25.2 Å². The summed E-state index contributed by atoms with van der Waals surface area (Å²) in [6.07, 6.45) is 0.621. The van der Waals surface area contributed by atoms with Crippen LogP contribution in [0.15, 0.2) is 24.3 Å². The number of hydrogen-bond acceptors (Lipinski definition) is 1. The average molecular weight is 213 g/mol. The van der Waals surface area contributed by atoms with E-state index in [-0.39, 0.29) is 6.42 Å². The molecule has 0 atom stereocenters. The van der Waals surface area contributed by atoms with Gasteiger partial charge in [0.05, 0.1) is 0 Å². The molecule has 3 heteroatoms. The van der Waals surface area contributed by atoms with Gasteiger partial charge >= 0.3 is 0 Å². The molecule has 0 aliphatic heterocycles. The van der Waals surface area contributed by atoms with E-state index in [1.54, 1.807) is 6.07 Å². The van der Waals surface area contributed by atoms with Crippen molar-refractivity contribution < 1.29 is 8.78 Å². The smallest absolute Gasteiger partial charge is 0.249 e. The van der Waals surface area contributed by atoms with Crippen LogP contribution in [-0.4, -0.2) is 19.5 Å². The van der Waals surface area contributed by atoms with Crippen molar-refractivity contribution in [3.8, 4) is 0 Å². The molecule has 0 heterocycles. The zero-order valence-electron chi connectivity index (χ0n) is 9.19. The van der Waals surface area contributed by atoms with Crippen molar-refractivity contribution in [2.24, 2.45) is 0 Å². The Kier molecular flexibility index (Phi) is 4.21. The summed E-state index contributed by atoms with van der Waals surface area (Å²) in [6, 6.07) is 7.40. The van der Waals surface area contributed by atoms with Crippen LogP contribution in [0, 0.1) is 0 Å². The van der Waals surface area contributed by atoms with Gasteiger partial charge < -0.3 is 5.32 Å². The molecule has 1 N–H and O–H groups in total. The third kappa shape index (κ3) is 4.38. The highest BCUT2D eigenvalue weighted by atomic mass is 19.3. The van der Waals surface area contributed by atoms with E-state index in [4.69, 9.17) is 0 Å². The molecule has 0 radical (unpaired) electrons. The molecule has 0 aliphatic rings. The highest BCUT2D eigenvalue weighted by Crippen LogP contribution is 2.21. The summed E-state index contributed by atoms with van der Waals surface area (Å²) < 4.78 is 25.8. The molecule has 0 saturated carbocycles. The monoisotopic (exact) mass is 213 g/mol. The Hall–Kier alpha value is -0.960. The van der Waals surface area contributed by atoms with E-state index >= 15 is 0 Å². The van der Waals surface area contributed by atoms with E-state index < -0.39 is 5.92 Å². The SMILES string of the molecule is CNCCc1ccccc1CC(C)(F)F. The molecule has 1 rings (SSSR count). The fourth-order valence-electron chi connectivity index (χ4n) is 1.57. The topological polar surface area (TPSA) is 12.0 Å². The standard InChI is InChI=1S/C12H17F2N/c1-12(13,14)9-11-6-4-3-5-10(11)7-8-15-2/h3-6,15H,7-9H2,1-2H3. The summed E-state index contributed by atoms with van der Waals surface area (Å²) >= 11 is 0. The minimum Gasteiger partial charge on any atom is -0.319 e. The van der Waals surface area contributed by atoms with Crippen molar-refractivity contribution in [1.82, 2.24) is 5.32 Å². The van der Waals surface area contributed by atoms with Crippen LogP contribution in [0.4, 0.5) is 8.78 Å². The Balaban J connectivity index is 2.77. The minimum absolute atomic E-state index is 0.174. The summed E-state index contributed by atoms with van der Waals surface area (Å²) in [5.74, 6) is -2.63. The zero-order chi connectivity index (χ0) is 11.3. The van der Waals surface area contributed by atoms with Crippen molar-refractivity contribution in [3.05, 3.63) is 35.4 Å². The fourth-order valence-corrected chi connectivity index (χ4v) is 1.57. The molecule has 15 heavy (non-hydrogen) atoms. The predicted octanol–water partition coefficient (Wildman–Crippen LogP) is 2.65. The van der Waals surface area contributed by atoms with Gasteiger partial charge in [0.2, 0.25) is 5.92 Å². The first-order chi connectivity index (χ1) is 7.03. The van der Waals surface area contributed by atoms with Gasteiger partial charge in [-0.25, -0.2) is 8.78 Å². The van der Waals surface area contributed by atoms with E-state index in [0.717, 1.165) is 31.0 Å². The summed E-state index contributed by atoms with van der Waals surface area (Å²) in [6.45, 7) is 1.77. The lowest BCUT2D eigenvalue weighted by molar-refractivity contribution is 0.0224. The van der Waals surface area contributed by atoms with E-state index in [9.17, 15) is 8.78 Å². The number of hydrogen-bond donors (Lipinski definition) is 1. The molecule has 0 amide bonds. The van der Waals surface area contributed by atoms with Crippen molar-refractivity contribution in [3.63, 3.8) is 0 Å². The summed E-state index contributed by atoms with van der Waals surface area (Å²) in [4.78, 5) is 0. The lowest BCUT2D eigenvalue weighted by Crippen LogP contribution is -2.17. The normalized spacial score (nSPS) is 11.7. The summed E-state index contributed by atoms with van der Waals surface area (Å²) in [7, 11) is 1.86. The van der Waals surface area contributed by atoms with Gasteiger partial charge in [-0.15, -0.1) is 0 Å². The molecule has 0 saturated heterocycles. The van der Waals surface area contributed by atoms with Gasteiger partial charge in [0.15, 0.2) is 0 Å². The van der Waals surface area contributed by atoms with Gasteiger partial charge in [0.1, 0.15) is 0 Å². The van der Waals surface area contributed by atoms with E-state index in [0.29, 0.717) is 0 Å². The second kappa shape index (κ2) is 5.21. The lowest BCUT2D eigenvalue weighted by Gasteiger charge is -2.13. The van der Waals surface area contributed by atoms with E-state index in [1.165, 1.54) is 0 Å². The molecule has 0 aromatic heterocycles. The summed E-state index contributed by atoms with van der Waals surface area (Å²) in [5, 5.41) is 3.02. The predicted molar refractivity (Wildman–Crippen MR) is 58.4 cm³/mol. The number of benzene rings is 1. The molecule has 1 aromatic carbocycles. The molecule has 0 unspecified atom stereocenters. The van der Waals surface area contributed by atoms with Crippen LogP contribution < -0.4 is 5.32 Å². The zero-order valence-corrected chi connectivity index (χ0v) is 9.19. The van der Waals surface area contributed by atoms with Gasteiger partial charge in [-0.3, -0.25) is 0 Å². The highest BCUT2D eigenvalue weighted by molar-refractivity contribution is 5.28. The largest absolute Gasteiger partial charge is 0.319 e. The molecule has 1 aromatic rings. The lowest BCUT2D eigenvalue weighted by atomic mass is 9.99. The van der Waals surface area contributed by atoms with Gasteiger partial charge in [0.25, 0.3) is 0 Å². The van der Waals surface area contributed by atoms with Crippen LogP contribution in [0.3, 0.4) is 0 Å². The number of rotatable bonds is 5. The molecule has 1 nitrogen and oxygen atoms in total.